The highest BCUT2D eigenvalue weighted by molar-refractivity contribution is 6.07. The lowest BCUT2D eigenvalue weighted by Gasteiger charge is -2.35. The predicted molar refractivity (Wildman–Crippen MR) is 140 cm³/mol. The van der Waals surface area contributed by atoms with Crippen LogP contribution in [0.1, 0.15) is 40.4 Å². The molecule has 0 unspecified atom stereocenters. The molecule has 2 saturated heterocycles. The largest absolute Gasteiger partial charge is 0.381 e. The number of pyridine rings is 2. The Balaban J connectivity index is 1.28. The van der Waals surface area contributed by atoms with Crippen LogP contribution in [0.15, 0.2) is 46.2 Å². The third-order valence-corrected chi connectivity index (χ3v) is 7.59. The minimum atomic E-state index is -0.169. The minimum absolute atomic E-state index is 0.000396. The Bertz CT molecular complexity index is 1570. The Morgan fingerprint density at radius 2 is 1.86 bits per heavy atom. The number of aromatic amines is 2. The number of carbonyl (C=O) groups is 1. The number of nitrogens with zero attached hydrogens (tertiary/aromatic N) is 4. The lowest BCUT2D eigenvalue weighted by molar-refractivity contribution is 0.0627. The second kappa shape index (κ2) is 9.60. The number of amides is 1. The number of aryl methyl sites for hydroxylation is 1. The summed E-state index contributed by atoms with van der Waals surface area (Å²) in [6.07, 6.45) is 5.05. The first-order chi connectivity index (χ1) is 18.0. The molecule has 0 atom stereocenters. The molecule has 10 heteroatoms. The number of piperazine rings is 1. The summed E-state index contributed by atoms with van der Waals surface area (Å²) in [7, 11) is 0. The fraction of sp³-hybridized carbons (Fsp3) is 0.407. The quantitative estimate of drug-likeness (QED) is 0.442. The first-order valence-electron chi connectivity index (χ1n) is 12.8. The summed E-state index contributed by atoms with van der Waals surface area (Å²) in [5.74, 6) is -0.000396. The average molecular weight is 503 g/mol. The van der Waals surface area contributed by atoms with E-state index in [1.54, 1.807) is 12.4 Å². The lowest BCUT2D eigenvalue weighted by atomic mass is 10.0. The van der Waals surface area contributed by atoms with Crippen molar-refractivity contribution in [2.45, 2.75) is 32.4 Å². The summed E-state index contributed by atoms with van der Waals surface area (Å²) < 4.78 is 7.48. The number of H-pyrrole nitrogens is 2. The van der Waals surface area contributed by atoms with Crippen molar-refractivity contribution in [1.29, 1.82) is 0 Å². The van der Waals surface area contributed by atoms with Gasteiger partial charge in [0.1, 0.15) is 0 Å². The van der Waals surface area contributed by atoms with E-state index in [-0.39, 0.29) is 23.1 Å². The average Bonchev–Trinajstić information content (AvgIpc) is 3.37. The molecule has 0 radical (unpaired) electrons. The van der Waals surface area contributed by atoms with Crippen LogP contribution in [0.4, 0.5) is 0 Å². The molecule has 2 aliphatic heterocycles. The molecule has 0 bridgehead atoms. The van der Waals surface area contributed by atoms with Gasteiger partial charge in [0.2, 0.25) is 5.56 Å². The number of nitrogens with one attached hydrogen (secondary N) is 2. The molecule has 1 aromatic carbocycles. The van der Waals surface area contributed by atoms with Crippen LogP contribution < -0.4 is 11.1 Å². The van der Waals surface area contributed by atoms with Crippen LogP contribution in [0.5, 0.6) is 0 Å². The molecule has 0 saturated carbocycles. The van der Waals surface area contributed by atoms with E-state index in [9.17, 15) is 14.4 Å². The number of hydrogen-bond donors (Lipinski definition) is 2. The molecular weight excluding hydrogens is 472 g/mol. The molecule has 2 N–H and O–H groups in total. The van der Waals surface area contributed by atoms with Gasteiger partial charge in [-0.3, -0.25) is 24.0 Å². The van der Waals surface area contributed by atoms with Crippen molar-refractivity contribution < 1.29 is 9.53 Å². The van der Waals surface area contributed by atoms with Crippen molar-refractivity contribution in [2.75, 3.05) is 39.4 Å². The molecule has 0 spiro atoms. The maximum atomic E-state index is 13.7. The van der Waals surface area contributed by atoms with Crippen LogP contribution in [0.3, 0.4) is 0 Å². The van der Waals surface area contributed by atoms with E-state index in [4.69, 9.17) is 4.74 Å². The van der Waals surface area contributed by atoms with Crippen molar-refractivity contribution in [3.8, 4) is 0 Å². The highest BCUT2D eigenvalue weighted by Gasteiger charge is 2.26. The van der Waals surface area contributed by atoms with E-state index >= 15 is 0 Å². The van der Waals surface area contributed by atoms with Crippen LogP contribution in [0, 0.1) is 6.92 Å². The molecule has 6 rings (SSSR count). The minimum Gasteiger partial charge on any atom is -0.381 e. The van der Waals surface area contributed by atoms with E-state index in [0.29, 0.717) is 42.8 Å². The van der Waals surface area contributed by atoms with Crippen LogP contribution in [0.25, 0.3) is 21.8 Å². The third kappa shape index (κ3) is 4.47. The number of rotatable bonds is 4. The molecule has 10 nitrogen and oxygen atoms in total. The van der Waals surface area contributed by atoms with Gasteiger partial charge in [0.15, 0.2) is 0 Å². The van der Waals surface area contributed by atoms with Crippen LogP contribution >= 0.6 is 0 Å². The molecule has 192 valence electrons. The summed E-state index contributed by atoms with van der Waals surface area (Å²) in [4.78, 5) is 47.7. The fourth-order valence-corrected chi connectivity index (χ4v) is 5.51. The maximum absolute atomic E-state index is 13.7. The molecule has 0 aliphatic carbocycles. The smallest absolute Gasteiger partial charge is 0.259 e. The Labute approximate surface area is 212 Å². The van der Waals surface area contributed by atoms with Crippen molar-refractivity contribution in [3.63, 3.8) is 0 Å². The number of ether oxygens (including phenoxy) is 1. The molecule has 3 aromatic heterocycles. The standard InChI is InChI=1S/C27H30N6O4/c1-17-12-23-21(25-22(26(35)30-23)15-29-33(25)19-4-10-37-11-5-19)13-20(17)27(36)32-8-6-31(7-9-32)16-18-2-3-24(34)28-14-18/h2-3,12-15,19H,4-11,16H2,1H3,(H,28,34)(H,30,35). The lowest BCUT2D eigenvalue weighted by Crippen LogP contribution is -2.48. The van der Waals surface area contributed by atoms with Gasteiger partial charge in [-0.25, -0.2) is 0 Å². The van der Waals surface area contributed by atoms with Gasteiger partial charge < -0.3 is 19.6 Å². The molecule has 2 fully saturated rings. The summed E-state index contributed by atoms with van der Waals surface area (Å²) in [5, 5.41) is 5.96. The highest BCUT2D eigenvalue weighted by Crippen LogP contribution is 2.30. The second-order valence-corrected chi connectivity index (χ2v) is 9.99. The molecule has 5 heterocycles. The molecular formula is C27H30N6O4. The van der Waals surface area contributed by atoms with Crippen molar-refractivity contribution in [1.82, 2.24) is 29.5 Å². The van der Waals surface area contributed by atoms with Gasteiger partial charge in [0.05, 0.1) is 28.7 Å². The van der Waals surface area contributed by atoms with Gasteiger partial charge in [-0.05, 0) is 43.0 Å². The van der Waals surface area contributed by atoms with E-state index in [1.807, 2.05) is 34.7 Å². The first-order valence-corrected chi connectivity index (χ1v) is 12.8. The van der Waals surface area contributed by atoms with E-state index < -0.39 is 0 Å². The molecule has 4 aromatic rings. The second-order valence-electron chi connectivity index (χ2n) is 9.99. The van der Waals surface area contributed by atoms with Gasteiger partial charge >= 0.3 is 0 Å². The van der Waals surface area contributed by atoms with E-state index in [1.165, 1.54) is 6.07 Å². The van der Waals surface area contributed by atoms with Crippen LogP contribution in [0.2, 0.25) is 0 Å². The van der Waals surface area contributed by atoms with Gasteiger partial charge in [-0.15, -0.1) is 0 Å². The number of aromatic nitrogens is 4. The zero-order valence-corrected chi connectivity index (χ0v) is 20.8. The Morgan fingerprint density at radius 3 is 2.59 bits per heavy atom. The number of fused-ring (bicyclic) bond motifs is 3. The van der Waals surface area contributed by atoms with Crippen molar-refractivity contribution in [3.05, 3.63) is 74.1 Å². The van der Waals surface area contributed by atoms with Gasteiger partial charge in [0.25, 0.3) is 11.5 Å². The first kappa shape index (κ1) is 23.6. The summed E-state index contributed by atoms with van der Waals surface area (Å²) in [6.45, 7) is 6.75. The molecule has 37 heavy (non-hydrogen) atoms. The third-order valence-electron chi connectivity index (χ3n) is 7.59. The summed E-state index contributed by atoms with van der Waals surface area (Å²) in [5.41, 5.74) is 3.75. The Kier molecular flexibility index (Phi) is 6.13. The zero-order chi connectivity index (χ0) is 25.5. The number of benzene rings is 1. The van der Waals surface area contributed by atoms with E-state index in [2.05, 4.69) is 20.0 Å². The van der Waals surface area contributed by atoms with Gasteiger partial charge in [-0.1, -0.05) is 6.07 Å². The Hall–Kier alpha value is -3.76. The van der Waals surface area contributed by atoms with Crippen molar-refractivity contribution in [2.24, 2.45) is 0 Å². The fourth-order valence-electron chi connectivity index (χ4n) is 5.51. The zero-order valence-electron chi connectivity index (χ0n) is 20.8. The monoisotopic (exact) mass is 502 g/mol. The maximum Gasteiger partial charge on any atom is 0.259 e. The normalized spacial score (nSPS) is 17.6. The summed E-state index contributed by atoms with van der Waals surface area (Å²) in [6, 6.07) is 7.36. The van der Waals surface area contributed by atoms with Crippen LogP contribution in [-0.2, 0) is 11.3 Å². The SMILES string of the molecule is Cc1cc2[nH]c(=O)c3cnn(C4CCOCC4)c3c2cc1C(=O)N1CCN(Cc2ccc(=O)[nH]c2)CC1. The molecule has 2 aliphatic rings. The summed E-state index contributed by atoms with van der Waals surface area (Å²) >= 11 is 0. The van der Waals surface area contributed by atoms with Gasteiger partial charge in [0, 0.05) is 69.2 Å². The Morgan fingerprint density at radius 1 is 1.08 bits per heavy atom. The van der Waals surface area contributed by atoms with Crippen molar-refractivity contribution >= 4 is 27.7 Å². The predicted octanol–water partition coefficient (Wildman–Crippen LogP) is 2.18. The van der Waals surface area contributed by atoms with Gasteiger partial charge in [-0.2, -0.15) is 5.10 Å². The number of carbonyl (C=O) groups excluding carboxylic acids is 1. The molecule has 1 amide bonds. The van der Waals surface area contributed by atoms with Crippen LogP contribution in [-0.4, -0.2) is 74.8 Å². The number of hydrogen-bond acceptors (Lipinski definition) is 6. The topological polar surface area (TPSA) is 116 Å². The highest BCUT2D eigenvalue weighted by atomic mass is 16.5. The van der Waals surface area contributed by atoms with E-state index in [0.717, 1.165) is 54.5 Å².